The molecule has 6 nitrogen and oxygen atoms in total. The summed E-state index contributed by atoms with van der Waals surface area (Å²) in [7, 11) is -2.10. The summed E-state index contributed by atoms with van der Waals surface area (Å²) < 4.78 is 32.7. The normalized spacial score (nSPS) is 17.9. The molecular weight excluding hydrogens is 400 g/mol. The summed E-state index contributed by atoms with van der Waals surface area (Å²) in [6.45, 7) is 0.408. The zero-order chi connectivity index (χ0) is 20.1. The lowest BCUT2D eigenvalue weighted by molar-refractivity contribution is -0.117. The van der Waals surface area contributed by atoms with E-state index in [-0.39, 0.29) is 23.3 Å². The second-order valence-corrected chi connectivity index (χ2v) is 9.03. The summed E-state index contributed by atoms with van der Waals surface area (Å²) in [6.07, 6.45) is 2.44. The van der Waals surface area contributed by atoms with Crippen LogP contribution in [0, 0.1) is 0 Å². The third kappa shape index (κ3) is 4.84. The second kappa shape index (κ2) is 8.94. The van der Waals surface area contributed by atoms with Crippen LogP contribution < -0.4 is 10.1 Å². The number of methoxy groups -OCH3 is 1. The smallest absolute Gasteiger partial charge is 0.243 e. The zero-order valence-electron chi connectivity index (χ0n) is 15.6. The number of anilines is 1. The van der Waals surface area contributed by atoms with Crippen LogP contribution in [-0.2, 0) is 14.8 Å². The van der Waals surface area contributed by atoms with Crippen molar-refractivity contribution in [2.24, 2.45) is 0 Å². The summed E-state index contributed by atoms with van der Waals surface area (Å²) in [4.78, 5) is 12.7. The molecule has 2 aromatic rings. The van der Waals surface area contributed by atoms with Crippen molar-refractivity contribution in [3.63, 3.8) is 0 Å². The van der Waals surface area contributed by atoms with E-state index in [2.05, 4.69) is 5.32 Å². The molecule has 0 aliphatic carbocycles. The first-order chi connectivity index (χ1) is 13.4. The lowest BCUT2D eigenvalue weighted by Crippen LogP contribution is -2.45. The molecule has 1 heterocycles. The fraction of sp³-hybridized carbons (Fsp3) is 0.350. The predicted octanol–water partition coefficient (Wildman–Crippen LogP) is 3.92. The number of nitrogens with one attached hydrogen (secondary N) is 1. The molecule has 0 radical (unpaired) electrons. The summed E-state index contributed by atoms with van der Waals surface area (Å²) >= 11 is 5.87. The molecular formula is C20H23ClN2O4S. The van der Waals surface area contributed by atoms with Crippen LogP contribution in [0.5, 0.6) is 5.75 Å². The first kappa shape index (κ1) is 20.6. The van der Waals surface area contributed by atoms with Crippen molar-refractivity contribution in [1.82, 2.24) is 4.31 Å². The van der Waals surface area contributed by atoms with Gasteiger partial charge in [0.2, 0.25) is 15.9 Å². The largest absolute Gasteiger partial charge is 0.497 e. The van der Waals surface area contributed by atoms with E-state index in [1.807, 2.05) is 0 Å². The number of carbonyl (C=O) groups is 1. The van der Waals surface area contributed by atoms with E-state index in [4.69, 9.17) is 16.3 Å². The number of ether oxygens (including phenoxy) is 1. The van der Waals surface area contributed by atoms with E-state index in [0.717, 1.165) is 12.8 Å². The number of hydrogen-bond acceptors (Lipinski definition) is 4. The molecule has 0 bridgehead atoms. The van der Waals surface area contributed by atoms with Gasteiger partial charge in [-0.1, -0.05) is 18.0 Å². The van der Waals surface area contributed by atoms with Crippen LogP contribution in [0.4, 0.5) is 5.69 Å². The van der Waals surface area contributed by atoms with Crippen LogP contribution in [-0.4, -0.2) is 38.3 Å². The Bertz CT molecular complexity index is 914. The summed E-state index contributed by atoms with van der Waals surface area (Å²) in [5, 5.41) is 3.31. The Kier molecular flexibility index (Phi) is 6.59. The monoisotopic (exact) mass is 422 g/mol. The Balaban J connectivity index is 1.71. The second-order valence-electron chi connectivity index (χ2n) is 6.70. The van der Waals surface area contributed by atoms with Crippen molar-refractivity contribution < 1.29 is 17.9 Å². The van der Waals surface area contributed by atoms with Gasteiger partial charge < -0.3 is 10.1 Å². The minimum atomic E-state index is -3.68. The molecule has 0 saturated carbocycles. The predicted molar refractivity (Wildman–Crippen MR) is 109 cm³/mol. The molecule has 8 heteroatoms. The molecule has 1 fully saturated rings. The Hall–Kier alpha value is -2.09. The fourth-order valence-electron chi connectivity index (χ4n) is 3.34. The van der Waals surface area contributed by atoms with Gasteiger partial charge in [-0.15, -0.1) is 0 Å². The number of carbonyl (C=O) groups excluding carboxylic acids is 1. The van der Waals surface area contributed by atoms with Crippen LogP contribution in [0.15, 0.2) is 53.4 Å². The first-order valence-corrected chi connectivity index (χ1v) is 10.9. The van der Waals surface area contributed by atoms with Gasteiger partial charge in [0.05, 0.1) is 12.0 Å². The lowest BCUT2D eigenvalue weighted by atomic mass is 10.0. The first-order valence-electron chi connectivity index (χ1n) is 9.11. The van der Waals surface area contributed by atoms with Crippen LogP contribution in [0.25, 0.3) is 0 Å². The number of halogens is 1. The highest BCUT2D eigenvalue weighted by Gasteiger charge is 2.34. The van der Waals surface area contributed by atoms with Crippen LogP contribution in [0.2, 0.25) is 5.02 Å². The van der Waals surface area contributed by atoms with Crippen molar-refractivity contribution in [3.8, 4) is 5.75 Å². The van der Waals surface area contributed by atoms with Gasteiger partial charge in [0.25, 0.3) is 0 Å². The maximum atomic E-state index is 13.1. The maximum Gasteiger partial charge on any atom is 0.243 e. The third-order valence-corrected chi connectivity index (χ3v) is 7.01. The number of piperidine rings is 1. The summed E-state index contributed by atoms with van der Waals surface area (Å²) in [5.41, 5.74) is 0.647. The molecule has 1 aliphatic heterocycles. The molecule has 1 amide bonds. The lowest BCUT2D eigenvalue weighted by Gasteiger charge is -2.34. The molecule has 1 atom stereocenters. The van der Waals surface area contributed by atoms with Gasteiger partial charge in [0.1, 0.15) is 5.75 Å². The third-order valence-electron chi connectivity index (χ3n) is 4.79. The van der Waals surface area contributed by atoms with Gasteiger partial charge >= 0.3 is 0 Å². The zero-order valence-corrected chi connectivity index (χ0v) is 17.2. The van der Waals surface area contributed by atoms with Gasteiger partial charge in [-0.3, -0.25) is 4.79 Å². The molecule has 2 aromatic carbocycles. The van der Waals surface area contributed by atoms with Crippen molar-refractivity contribution >= 4 is 33.2 Å². The fourth-order valence-corrected chi connectivity index (χ4v) is 5.16. The Morgan fingerprint density at radius 3 is 2.46 bits per heavy atom. The summed E-state index contributed by atoms with van der Waals surface area (Å²) in [6, 6.07) is 12.8. The number of nitrogens with zero attached hydrogens (tertiary/aromatic N) is 1. The average Bonchev–Trinajstić information content (AvgIpc) is 2.69. The van der Waals surface area contributed by atoms with Gasteiger partial charge in [0, 0.05) is 29.7 Å². The van der Waals surface area contributed by atoms with Crippen LogP contribution in [0.1, 0.15) is 25.7 Å². The Morgan fingerprint density at radius 2 is 1.82 bits per heavy atom. The molecule has 3 rings (SSSR count). The molecule has 1 saturated heterocycles. The topological polar surface area (TPSA) is 75.7 Å². The van der Waals surface area contributed by atoms with Gasteiger partial charge in [-0.2, -0.15) is 4.31 Å². The van der Waals surface area contributed by atoms with Crippen LogP contribution in [0.3, 0.4) is 0 Å². The van der Waals surface area contributed by atoms with Crippen molar-refractivity contribution in [1.29, 1.82) is 0 Å². The number of rotatable bonds is 6. The van der Waals surface area contributed by atoms with Gasteiger partial charge in [-0.25, -0.2) is 8.42 Å². The highest BCUT2D eigenvalue weighted by Crippen LogP contribution is 2.28. The Morgan fingerprint density at radius 1 is 1.14 bits per heavy atom. The number of amides is 1. The summed E-state index contributed by atoms with van der Waals surface area (Å²) in [5.74, 6) is 0.485. The minimum Gasteiger partial charge on any atom is -0.497 e. The molecule has 1 N–H and O–H groups in total. The van der Waals surface area contributed by atoms with Crippen molar-refractivity contribution in [2.45, 2.75) is 36.6 Å². The molecule has 1 unspecified atom stereocenters. The molecule has 0 spiro atoms. The van der Waals surface area contributed by atoms with E-state index in [0.29, 0.717) is 29.4 Å². The maximum absolute atomic E-state index is 13.1. The standard InChI is InChI=1S/C20H23ClN2O4S/c1-27-18-9-7-16(8-10-18)22-20(24)14-17-4-2-3-13-23(17)28(25,26)19-11-5-15(21)6-12-19/h5-12,17H,2-4,13-14H2,1H3,(H,22,24). The average molecular weight is 423 g/mol. The van der Waals surface area contributed by atoms with E-state index >= 15 is 0 Å². The quantitative estimate of drug-likeness (QED) is 0.765. The number of sulfonamides is 1. The van der Waals surface area contributed by atoms with Crippen molar-refractivity contribution in [3.05, 3.63) is 53.6 Å². The molecule has 28 heavy (non-hydrogen) atoms. The van der Waals surface area contributed by atoms with E-state index in [1.165, 1.54) is 16.4 Å². The van der Waals surface area contributed by atoms with Gasteiger partial charge in [0.15, 0.2) is 0 Å². The minimum absolute atomic E-state index is 0.110. The highest BCUT2D eigenvalue weighted by molar-refractivity contribution is 7.89. The highest BCUT2D eigenvalue weighted by atomic mass is 35.5. The number of hydrogen-bond donors (Lipinski definition) is 1. The van der Waals surface area contributed by atoms with Gasteiger partial charge in [-0.05, 0) is 61.4 Å². The SMILES string of the molecule is COc1ccc(NC(=O)CC2CCCCN2S(=O)(=O)c2ccc(Cl)cc2)cc1. The number of benzene rings is 2. The molecule has 150 valence electrons. The van der Waals surface area contributed by atoms with E-state index in [9.17, 15) is 13.2 Å². The molecule has 0 aromatic heterocycles. The van der Waals surface area contributed by atoms with E-state index < -0.39 is 10.0 Å². The molecule has 1 aliphatic rings. The van der Waals surface area contributed by atoms with Crippen LogP contribution >= 0.6 is 11.6 Å². The van der Waals surface area contributed by atoms with Crippen molar-refractivity contribution in [2.75, 3.05) is 19.0 Å². The van der Waals surface area contributed by atoms with E-state index in [1.54, 1.807) is 43.5 Å². The Labute approximate surface area is 170 Å².